The molecule has 1 amide bonds. The molecule has 2 saturated carbocycles. The highest BCUT2D eigenvalue weighted by atomic mass is 32.2. The lowest BCUT2D eigenvalue weighted by molar-refractivity contribution is -0.142. The molecule has 1 aromatic carbocycles. The van der Waals surface area contributed by atoms with Gasteiger partial charge in [0.15, 0.2) is 11.8 Å². The van der Waals surface area contributed by atoms with Gasteiger partial charge < -0.3 is 9.47 Å². The van der Waals surface area contributed by atoms with Gasteiger partial charge >= 0.3 is 5.97 Å². The molecule has 4 rings (SSSR count). The Hall–Kier alpha value is -2.28. The monoisotopic (exact) mass is 456 g/mol. The van der Waals surface area contributed by atoms with E-state index in [0.717, 1.165) is 36.4 Å². The summed E-state index contributed by atoms with van der Waals surface area (Å²) in [6, 6.07) is 8.01. The number of amides is 1. The molecule has 0 atom stereocenters. The molecule has 3 aliphatic rings. The molecule has 172 valence electrons. The lowest BCUT2D eigenvalue weighted by atomic mass is 9.94. The molecule has 0 N–H and O–H groups in total. The molecule has 7 heteroatoms. The van der Waals surface area contributed by atoms with E-state index in [1.165, 1.54) is 57.4 Å². The van der Waals surface area contributed by atoms with Crippen molar-refractivity contribution >= 4 is 34.9 Å². The molecular weight excluding hydrogens is 424 g/mol. The fourth-order valence-electron chi connectivity index (χ4n) is 4.67. The summed E-state index contributed by atoms with van der Waals surface area (Å²) >= 11 is 1.49. The largest absolute Gasteiger partial charge is 0.481 e. The number of hydrogen-bond acceptors (Lipinski definition) is 6. The third kappa shape index (κ3) is 5.55. The number of nitrogens with zero attached hydrogens (tertiary/aromatic N) is 2. The van der Waals surface area contributed by atoms with E-state index in [-0.39, 0.29) is 18.6 Å². The average Bonchev–Trinajstić information content (AvgIpc) is 3.13. The van der Waals surface area contributed by atoms with Crippen molar-refractivity contribution in [1.29, 1.82) is 0 Å². The molecule has 6 nitrogen and oxygen atoms in total. The van der Waals surface area contributed by atoms with Crippen molar-refractivity contribution in [2.24, 2.45) is 4.99 Å². The van der Waals surface area contributed by atoms with Crippen LogP contribution in [-0.4, -0.2) is 47.7 Å². The molecule has 1 saturated heterocycles. The Labute approximate surface area is 194 Å². The van der Waals surface area contributed by atoms with Gasteiger partial charge in [0.25, 0.3) is 5.91 Å². The minimum Gasteiger partial charge on any atom is -0.481 e. The molecule has 32 heavy (non-hydrogen) atoms. The van der Waals surface area contributed by atoms with E-state index < -0.39 is 5.97 Å². The third-order valence-corrected chi connectivity index (χ3v) is 7.42. The third-order valence-electron chi connectivity index (χ3n) is 6.42. The van der Waals surface area contributed by atoms with Crippen LogP contribution >= 0.6 is 11.8 Å². The van der Waals surface area contributed by atoms with Crippen molar-refractivity contribution in [2.45, 2.75) is 76.3 Å². The molecule has 0 spiro atoms. The number of benzene rings is 1. The van der Waals surface area contributed by atoms with E-state index in [9.17, 15) is 9.59 Å². The second-order valence-electron chi connectivity index (χ2n) is 8.68. The van der Waals surface area contributed by atoms with Crippen molar-refractivity contribution in [3.8, 4) is 5.75 Å². The summed E-state index contributed by atoms with van der Waals surface area (Å²) < 4.78 is 10.3. The molecular formula is C25H32N2O4S. The van der Waals surface area contributed by atoms with E-state index in [0.29, 0.717) is 16.7 Å². The number of thioether (sulfide) groups is 1. The Morgan fingerprint density at radius 3 is 2.50 bits per heavy atom. The highest BCUT2D eigenvalue weighted by molar-refractivity contribution is 8.18. The van der Waals surface area contributed by atoms with Crippen molar-refractivity contribution in [2.75, 3.05) is 13.7 Å². The summed E-state index contributed by atoms with van der Waals surface area (Å²) in [5.41, 5.74) is 0.773. The van der Waals surface area contributed by atoms with E-state index in [4.69, 9.17) is 9.73 Å². The maximum absolute atomic E-state index is 13.5. The van der Waals surface area contributed by atoms with Gasteiger partial charge in [-0.15, -0.1) is 0 Å². The van der Waals surface area contributed by atoms with Gasteiger partial charge in [-0.2, -0.15) is 0 Å². The summed E-state index contributed by atoms with van der Waals surface area (Å²) in [7, 11) is 1.33. The minimum absolute atomic E-state index is 0.0410. The Morgan fingerprint density at radius 2 is 1.78 bits per heavy atom. The number of methoxy groups -OCH3 is 1. The number of aliphatic imine (C=N–C) groups is 1. The predicted molar refractivity (Wildman–Crippen MR) is 128 cm³/mol. The molecule has 1 aromatic rings. The Morgan fingerprint density at radius 1 is 1.09 bits per heavy atom. The predicted octanol–water partition coefficient (Wildman–Crippen LogP) is 5.18. The molecule has 3 fully saturated rings. The Kier molecular flexibility index (Phi) is 7.90. The van der Waals surface area contributed by atoms with Crippen molar-refractivity contribution in [1.82, 2.24) is 4.90 Å². The zero-order chi connectivity index (χ0) is 22.3. The second-order valence-corrected chi connectivity index (χ2v) is 9.69. The first-order valence-corrected chi connectivity index (χ1v) is 12.6. The van der Waals surface area contributed by atoms with Crippen LogP contribution in [-0.2, 0) is 14.3 Å². The van der Waals surface area contributed by atoms with Crippen molar-refractivity contribution in [3.63, 3.8) is 0 Å². The average molecular weight is 457 g/mol. The Balaban J connectivity index is 1.60. The number of rotatable bonds is 6. The highest BCUT2D eigenvalue weighted by Gasteiger charge is 2.39. The molecule has 0 bridgehead atoms. The summed E-state index contributed by atoms with van der Waals surface area (Å²) in [4.78, 5) is 32.7. The standard InChI is InChI=1S/C25H32N2O4S/c1-30-23(28)17-31-21-15-9-8-10-18(21)16-22-24(29)27(20-13-6-3-7-14-20)25(32-22)26-19-11-4-2-5-12-19/h8-10,15-16,19-20H,2-7,11-14,17H2,1H3. The van der Waals surface area contributed by atoms with Crippen LogP contribution in [0.25, 0.3) is 6.08 Å². The number of para-hydroxylation sites is 1. The van der Waals surface area contributed by atoms with Gasteiger partial charge in [-0.3, -0.25) is 14.7 Å². The fourth-order valence-corrected chi connectivity index (χ4v) is 5.77. The summed E-state index contributed by atoms with van der Waals surface area (Å²) in [5.74, 6) is 0.157. The maximum Gasteiger partial charge on any atom is 0.343 e. The highest BCUT2D eigenvalue weighted by Crippen LogP contribution is 2.39. The first kappa shape index (κ1) is 22.9. The van der Waals surface area contributed by atoms with Gasteiger partial charge in [0.2, 0.25) is 0 Å². The van der Waals surface area contributed by atoms with Crippen LogP contribution in [0.1, 0.15) is 69.8 Å². The second kappa shape index (κ2) is 11.0. The maximum atomic E-state index is 13.5. The van der Waals surface area contributed by atoms with Crippen LogP contribution in [0.3, 0.4) is 0 Å². The number of esters is 1. The van der Waals surface area contributed by atoms with Gasteiger partial charge in [-0.25, -0.2) is 4.79 Å². The van der Waals surface area contributed by atoms with Gasteiger partial charge in [-0.05, 0) is 49.6 Å². The first-order valence-electron chi connectivity index (χ1n) is 11.8. The van der Waals surface area contributed by atoms with Crippen LogP contribution in [0.15, 0.2) is 34.2 Å². The topological polar surface area (TPSA) is 68.2 Å². The van der Waals surface area contributed by atoms with E-state index >= 15 is 0 Å². The molecule has 1 aliphatic heterocycles. The van der Waals surface area contributed by atoms with Crippen molar-refractivity contribution in [3.05, 3.63) is 34.7 Å². The zero-order valence-corrected chi connectivity index (χ0v) is 19.6. The smallest absolute Gasteiger partial charge is 0.343 e. The molecule has 2 aliphatic carbocycles. The minimum atomic E-state index is -0.441. The molecule has 0 aromatic heterocycles. The van der Waals surface area contributed by atoms with Gasteiger partial charge in [0.1, 0.15) is 5.75 Å². The number of hydrogen-bond donors (Lipinski definition) is 0. The van der Waals surface area contributed by atoms with Crippen LogP contribution in [0.4, 0.5) is 0 Å². The first-order chi connectivity index (χ1) is 15.7. The zero-order valence-electron chi connectivity index (χ0n) is 18.8. The molecule has 0 radical (unpaired) electrons. The van der Waals surface area contributed by atoms with Gasteiger partial charge in [0.05, 0.1) is 18.1 Å². The normalized spacial score (nSPS) is 23.2. The number of carbonyl (C=O) groups is 2. The number of ether oxygens (including phenoxy) is 2. The lowest BCUT2D eigenvalue weighted by Gasteiger charge is -2.31. The fraction of sp³-hybridized carbons (Fsp3) is 0.560. The number of carbonyl (C=O) groups excluding carboxylic acids is 2. The van der Waals surface area contributed by atoms with Crippen molar-refractivity contribution < 1.29 is 19.1 Å². The van der Waals surface area contributed by atoms with E-state index in [1.54, 1.807) is 6.07 Å². The SMILES string of the molecule is COC(=O)COc1ccccc1C=C1SC(=NC2CCCCC2)N(C2CCCCC2)C1=O. The lowest BCUT2D eigenvalue weighted by Crippen LogP contribution is -2.41. The number of amidine groups is 1. The van der Waals surface area contributed by atoms with Crippen LogP contribution in [0, 0.1) is 0 Å². The van der Waals surface area contributed by atoms with Crippen LogP contribution in [0.5, 0.6) is 5.75 Å². The molecule has 1 heterocycles. The van der Waals surface area contributed by atoms with Gasteiger partial charge in [0, 0.05) is 11.6 Å². The van der Waals surface area contributed by atoms with Crippen LogP contribution < -0.4 is 4.74 Å². The summed E-state index contributed by atoms with van der Waals surface area (Å²) in [5, 5.41) is 0.869. The Bertz CT molecular complexity index is 886. The quantitative estimate of drug-likeness (QED) is 0.436. The summed E-state index contributed by atoms with van der Waals surface area (Å²) in [6.45, 7) is -0.166. The van der Waals surface area contributed by atoms with Gasteiger partial charge in [-0.1, -0.05) is 56.7 Å². The van der Waals surface area contributed by atoms with Crippen LogP contribution in [0.2, 0.25) is 0 Å². The van der Waals surface area contributed by atoms with E-state index in [2.05, 4.69) is 4.74 Å². The molecule has 0 unspecified atom stereocenters. The summed E-state index contributed by atoms with van der Waals surface area (Å²) in [6.07, 6.45) is 13.5. The van der Waals surface area contributed by atoms with E-state index in [1.807, 2.05) is 29.2 Å².